The average molecular weight is 516 g/mol. The molecule has 32 heavy (non-hydrogen) atoms. The van der Waals surface area contributed by atoms with Crippen LogP contribution in [0.15, 0.2) is 11.6 Å². The third-order valence-electron chi connectivity index (χ3n) is 10.2. The summed E-state index contributed by atoms with van der Waals surface area (Å²) in [6, 6.07) is 0. The molecule has 0 aromatic carbocycles. The van der Waals surface area contributed by atoms with Gasteiger partial charge in [-0.1, -0.05) is 46.3 Å². The summed E-state index contributed by atoms with van der Waals surface area (Å²) in [7, 11) is 0. The second-order valence-electron chi connectivity index (χ2n) is 12.4. The zero-order chi connectivity index (χ0) is 23.5. The molecular weight excluding hydrogens is 474 g/mol. The summed E-state index contributed by atoms with van der Waals surface area (Å²) >= 11 is 2.13. The average Bonchev–Trinajstić information content (AvgIpc) is 3.04. The number of carbonyl (C=O) groups is 1. The fraction of sp³-hybridized carbons (Fsp3) is 0.889. The fourth-order valence-corrected chi connectivity index (χ4v) is 8.92. The maximum Gasteiger partial charge on any atom is 0.396 e. The predicted octanol–water partition coefficient (Wildman–Crippen LogP) is 8.15. The summed E-state index contributed by atoms with van der Waals surface area (Å²) in [5, 5.41) is 0. The van der Waals surface area contributed by atoms with Crippen molar-refractivity contribution in [2.75, 3.05) is 0 Å². The van der Waals surface area contributed by atoms with E-state index in [0.717, 1.165) is 42.4 Å². The lowest BCUT2D eigenvalue weighted by molar-refractivity contribution is -0.167. The Balaban J connectivity index is 1.49. The Bertz CT molecular complexity index is 759. The van der Waals surface area contributed by atoms with Gasteiger partial charge in [-0.15, -0.1) is 0 Å². The quantitative estimate of drug-likeness (QED) is 0.210. The van der Waals surface area contributed by atoms with E-state index < -0.39 is 16.9 Å². The van der Waals surface area contributed by atoms with E-state index >= 15 is 0 Å². The SMILES string of the molecule is CC(C)C[C@@H](C)[C@H]1CC[C@H]2[C@@H]3CC=C4C[C@@H](OC(=O)C(F)(F)Br)CC[C@]4(C)[C@H]3CC[C@]12C. The molecule has 4 aliphatic carbocycles. The van der Waals surface area contributed by atoms with Crippen LogP contribution in [0.25, 0.3) is 0 Å². The van der Waals surface area contributed by atoms with Crippen LogP contribution in [0.1, 0.15) is 92.4 Å². The van der Waals surface area contributed by atoms with Gasteiger partial charge in [0.1, 0.15) is 6.10 Å². The molecular formula is C27H41BrF2O2. The van der Waals surface area contributed by atoms with Gasteiger partial charge in [0.2, 0.25) is 0 Å². The van der Waals surface area contributed by atoms with Gasteiger partial charge < -0.3 is 4.74 Å². The van der Waals surface area contributed by atoms with Gasteiger partial charge in [0.05, 0.1) is 0 Å². The van der Waals surface area contributed by atoms with E-state index in [2.05, 4.69) is 56.6 Å². The number of carbonyl (C=O) groups excluding carboxylic acids is 1. The third-order valence-corrected chi connectivity index (χ3v) is 10.5. The Kier molecular flexibility index (Phi) is 6.66. The van der Waals surface area contributed by atoms with Crippen LogP contribution in [-0.2, 0) is 9.53 Å². The lowest BCUT2D eigenvalue weighted by Crippen LogP contribution is -2.51. The molecule has 0 heterocycles. The molecule has 8 atom stereocenters. The van der Waals surface area contributed by atoms with E-state index in [1.165, 1.54) is 37.7 Å². The molecule has 0 aromatic heterocycles. The number of fused-ring (bicyclic) bond motifs is 5. The number of hydrogen-bond acceptors (Lipinski definition) is 2. The smallest absolute Gasteiger partial charge is 0.396 e. The molecule has 2 nitrogen and oxygen atoms in total. The number of esters is 1. The highest BCUT2D eigenvalue weighted by Gasteiger charge is 2.59. The molecule has 182 valence electrons. The minimum atomic E-state index is -3.60. The standard InChI is InChI=1S/C27H41BrF2O2/c1-16(2)14-17(3)21-8-9-22-20-7-6-18-15-19(32-24(31)27(28,29)30)10-12-25(18,4)23(20)11-13-26(21,22)5/h6,16-17,19-23H,7-15H2,1-5H3/t17-,19+,20+,21-,22+,23+,25+,26-/m1/s1. The first-order valence-corrected chi connectivity index (χ1v) is 13.6. The number of halogens is 3. The minimum Gasteiger partial charge on any atom is -0.457 e. The number of alkyl halides is 3. The predicted molar refractivity (Wildman–Crippen MR) is 128 cm³/mol. The van der Waals surface area contributed by atoms with Crippen molar-refractivity contribution in [3.8, 4) is 0 Å². The molecule has 0 amide bonds. The van der Waals surface area contributed by atoms with Crippen LogP contribution >= 0.6 is 15.9 Å². The number of rotatable bonds is 5. The maximum atomic E-state index is 13.2. The molecule has 0 aromatic rings. The monoisotopic (exact) mass is 514 g/mol. The van der Waals surface area contributed by atoms with Crippen LogP contribution < -0.4 is 0 Å². The fourth-order valence-electron chi connectivity index (χ4n) is 8.83. The van der Waals surface area contributed by atoms with E-state index in [1.54, 1.807) is 0 Å². The Morgan fingerprint density at radius 1 is 1.16 bits per heavy atom. The number of allylic oxidation sites excluding steroid dienone is 1. The van der Waals surface area contributed by atoms with Crippen molar-refractivity contribution in [1.82, 2.24) is 0 Å². The van der Waals surface area contributed by atoms with Gasteiger partial charge in [0.25, 0.3) is 0 Å². The highest BCUT2D eigenvalue weighted by molar-refractivity contribution is 9.10. The second kappa shape index (κ2) is 8.64. The van der Waals surface area contributed by atoms with Crippen LogP contribution in [0.2, 0.25) is 0 Å². The third kappa shape index (κ3) is 4.22. The molecule has 0 saturated heterocycles. The number of ether oxygens (including phenoxy) is 1. The minimum absolute atomic E-state index is 0.131. The van der Waals surface area contributed by atoms with E-state index in [9.17, 15) is 13.6 Å². The zero-order valence-corrected chi connectivity index (χ0v) is 22.0. The molecule has 0 aliphatic heterocycles. The van der Waals surface area contributed by atoms with Crippen molar-refractivity contribution in [2.24, 2.45) is 46.3 Å². The van der Waals surface area contributed by atoms with Crippen molar-refractivity contribution in [3.63, 3.8) is 0 Å². The molecule has 4 aliphatic rings. The first-order chi connectivity index (χ1) is 14.9. The Labute approximate surface area is 201 Å². The van der Waals surface area contributed by atoms with Crippen LogP contribution in [0.4, 0.5) is 8.78 Å². The molecule has 3 saturated carbocycles. The summed E-state index contributed by atoms with van der Waals surface area (Å²) in [5.74, 6) is 3.16. The first-order valence-electron chi connectivity index (χ1n) is 12.8. The summed E-state index contributed by atoms with van der Waals surface area (Å²) in [5.41, 5.74) is 1.95. The molecule has 0 radical (unpaired) electrons. The van der Waals surface area contributed by atoms with Gasteiger partial charge >= 0.3 is 10.8 Å². The summed E-state index contributed by atoms with van der Waals surface area (Å²) in [6.07, 6.45) is 12.0. The van der Waals surface area contributed by atoms with Crippen molar-refractivity contribution in [1.29, 1.82) is 0 Å². The van der Waals surface area contributed by atoms with Crippen LogP contribution in [0, 0.1) is 46.3 Å². The molecule has 4 rings (SSSR count). The van der Waals surface area contributed by atoms with Crippen LogP contribution in [0.5, 0.6) is 0 Å². The van der Waals surface area contributed by atoms with Crippen molar-refractivity contribution in [2.45, 2.75) is 103 Å². The van der Waals surface area contributed by atoms with E-state index in [0.29, 0.717) is 24.2 Å². The largest absolute Gasteiger partial charge is 0.457 e. The number of hydrogen-bond donors (Lipinski definition) is 0. The Morgan fingerprint density at radius 3 is 2.53 bits per heavy atom. The molecule has 0 spiro atoms. The molecule has 0 unspecified atom stereocenters. The normalized spacial score (nSPS) is 42.5. The molecule has 0 N–H and O–H groups in total. The summed E-state index contributed by atoms with van der Waals surface area (Å²) in [6.45, 7) is 12.2. The maximum absolute atomic E-state index is 13.2. The van der Waals surface area contributed by atoms with Gasteiger partial charge in [-0.05, 0) is 97.7 Å². The van der Waals surface area contributed by atoms with Crippen molar-refractivity contribution in [3.05, 3.63) is 11.6 Å². The van der Waals surface area contributed by atoms with Crippen LogP contribution in [0.3, 0.4) is 0 Å². The summed E-state index contributed by atoms with van der Waals surface area (Å²) in [4.78, 5) is 8.08. The van der Waals surface area contributed by atoms with E-state index in [-0.39, 0.29) is 5.41 Å². The Morgan fingerprint density at radius 2 is 1.88 bits per heavy atom. The van der Waals surface area contributed by atoms with Gasteiger partial charge in [-0.25, -0.2) is 4.79 Å². The summed E-state index contributed by atoms with van der Waals surface area (Å²) < 4.78 is 31.7. The van der Waals surface area contributed by atoms with Gasteiger partial charge in [0, 0.05) is 22.4 Å². The van der Waals surface area contributed by atoms with Crippen molar-refractivity contribution < 1.29 is 18.3 Å². The first kappa shape index (κ1) is 24.7. The Hall–Kier alpha value is -0.450. The van der Waals surface area contributed by atoms with Crippen molar-refractivity contribution >= 4 is 21.9 Å². The molecule has 3 fully saturated rings. The van der Waals surface area contributed by atoms with Gasteiger partial charge in [-0.3, -0.25) is 0 Å². The molecule has 5 heteroatoms. The highest BCUT2D eigenvalue weighted by Crippen LogP contribution is 2.67. The highest BCUT2D eigenvalue weighted by atomic mass is 79.9. The van der Waals surface area contributed by atoms with Crippen LogP contribution in [-0.4, -0.2) is 16.9 Å². The molecule has 0 bridgehead atoms. The van der Waals surface area contributed by atoms with Gasteiger partial charge in [-0.2, -0.15) is 8.78 Å². The van der Waals surface area contributed by atoms with E-state index in [4.69, 9.17) is 4.74 Å². The van der Waals surface area contributed by atoms with Gasteiger partial charge in [0.15, 0.2) is 0 Å². The lowest BCUT2D eigenvalue weighted by Gasteiger charge is -2.58. The zero-order valence-electron chi connectivity index (χ0n) is 20.4. The van der Waals surface area contributed by atoms with E-state index in [1.807, 2.05) is 0 Å². The lowest BCUT2D eigenvalue weighted by atomic mass is 9.47. The second-order valence-corrected chi connectivity index (χ2v) is 13.4. The topological polar surface area (TPSA) is 26.3 Å².